The van der Waals surface area contributed by atoms with Gasteiger partial charge in [-0.05, 0) is 43.9 Å². The van der Waals surface area contributed by atoms with E-state index < -0.39 is 17.4 Å². The molecule has 0 bridgehead atoms. The first-order valence-corrected chi connectivity index (χ1v) is 8.32. The van der Waals surface area contributed by atoms with Gasteiger partial charge in [-0.15, -0.1) is 12.4 Å². The van der Waals surface area contributed by atoms with E-state index in [9.17, 15) is 14.4 Å². The highest BCUT2D eigenvalue weighted by Gasteiger charge is 2.43. The Kier molecular flexibility index (Phi) is 5.37. The zero-order valence-electron chi connectivity index (χ0n) is 13.2. The quantitative estimate of drug-likeness (QED) is 0.715. The number of halogens is 2. The van der Waals surface area contributed by atoms with Crippen molar-refractivity contribution in [2.75, 3.05) is 13.1 Å². The summed E-state index contributed by atoms with van der Waals surface area (Å²) in [4.78, 5) is 38.0. The number of carbonyl (C=O) groups is 3. The summed E-state index contributed by atoms with van der Waals surface area (Å²) < 4.78 is 0.716. The third-order valence-corrected chi connectivity index (χ3v) is 5.06. The van der Waals surface area contributed by atoms with E-state index >= 15 is 0 Å². The highest BCUT2D eigenvalue weighted by molar-refractivity contribution is 9.10. The molecule has 24 heavy (non-hydrogen) atoms. The Morgan fingerprint density at radius 1 is 1.33 bits per heavy atom. The second kappa shape index (κ2) is 6.82. The van der Waals surface area contributed by atoms with Crippen LogP contribution in [0.15, 0.2) is 22.7 Å². The maximum absolute atomic E-state index is 12.4. The molecule has 2 aliphatic rings. The number of rotatable bonds is 5. The van der Waals surface area contributed by atoms with E-state index in [1.165, 1.54) is 0 Å². The molecular weight excluding hydrogens is 398 g/mol. The normalized spacial score (nSPS) is 18.7. The van der Waals surface area contributed by atoms with Crippen LogP contribution in [0.4, 0.5) is 0 Å². The number of hydrogen-bond acceptors (Lipinski definition) is 4. The molecule has 1 saturated carbocycles. The van der Waals surface area contributed by atoms with Gasteiger partial charge < -0.3 is 11.1 Å². The maximum Gasteiger partial charge on any atom is 0.262 e. The molecular formula is C16H19BrClN3O3. The third kappa shape index (κ3) is 3.34. The number of fused-ring (bicyclic) bond motifs is 1. The molecule has 3 amide bonds. The van der Waals surface area contributed by atoms with E-state index in [0.29, 0.717) is 28.1 Å². The van der Waals surface area contributed by atoms with Gasteiger partial charge in [-0.3, -0.25) is 19.3 Å². The van der Waals surface area contributed by atoms with E-state index in [2.05, 4.69) is 21.2 Å². The number of nitrogens with zero attached hydrogens (tertiary/aromatic N) is 1. The average molecular weight is 417 g/mol. The Morgan fingerprint density at radius 3 is 2.54 bits per heavy atom. The lowest BCUT2D eigenvalue weighted by molar-refractivity contribution is -0.123. The summed E-state index contributed by atoms with van der Waals surface area (Å²) in [5.74, 6) is -0.871. The minimum absolute atomic E-state index is 0. The van der Waals surface area contributed by atoms with Crippen LogP contribution in [0, 0.1) is 5.92 Å². The summed E-state index contributed by atoms with van der Waals surface area (Å²) in [5, 5.41) is 2.89. The predicted octanol–water partition coefficient (Wildman–Crippen LogP) is 1.71. The Morgan fingerprint density at radius 2 is 1.96 bits per heavy atom. The minimum Gasteiger partial charge on any atom is -0.348 e. The fraction of sp³-hybridized carbons (Fsp3) is 0.438. The second-order valence-corrected chi connectivity index (χ2v) is 7.25. The highest BCUT2D eigenvalue weighted by Crippen LogP contribution is 2.39. The minimum atomic E-state index is -0.473. The van der Waals surface area contributed by atoms with Crippen molar-refractivity contribution in [1.29, 1.82) is 0 Å². The lowest BCUT2D eigenvalue weighted by Gasteiger charge is -2.30. The summed E-state index contributed by atoms with van der Waals surface area (Å²) in [6.45, 7) is 1.95. The number of imide groups is 1. The number of nitrogens with two attached hydrogens (primary N) is 1. The van der Waals surface area contributed by atoms with Crippen LogP contribution >= 0.6 is 28.3 Å². The molecule has 1 aliphatic heterocycles. The van der Waals surface area contributed by atoms with Gasteiger partial charge in [-0.1, -0.05) is 15.9 Å². The van der Waals surface area contributed by atoms with Crippen molar-refractivity contribution in [3.8, 4) is 0 Å². The molecule has 1 aromatic carbocycles. The second-order valence-electron chi connectivity index (χ2n) is 6.33. The number of carbonyl (C=O) groups excluding carboxylic acids is 3. The maximum atomic E-state index is 12.4. The van der Waals surface area contributed by atoms with E-state index in [4.69, 9.17) is 5.73 Å². The monoisotopic (exact) mass is 415 g/mol. The van der Waals surface area contributed by atoms with Crippen molar-refractivity contribution in [1.82, 2.24) is 10.2 Å². The highest BCUT2D eigenvalue weighted by atomic mass is 79.9. The molecule has 3 rings (SSSR count). The molecule has 0 spiro atoms. The summed E-state index contributed by atoms with van der Waals surface area (Å²) in [6, 6.07) is 4.89. The molecule has 1 atom stereocenters. The van der Waals surface area contributed by atoms with Crippen LogP contribution in [0.2, 0.25) is 0 Å². The van der Waals surface area contributed by atoms with Gasteiger partial charge in [-0.2, -0.15) is 0 Å². The van der Waals surface area contributed by atoms with Crippen molar-refractivity contribution in [2.45, 2.75) is 25.3 Å². The Labute approximate surface area is 154 Å². The third-order valence-electron chi connectivity index (χ3n) is 4.56. The van der Waals surface area contributed by atoms with Crippen molar-refractivity contribution >= 4 is 46.1 Å². The first kappa shape index (κ1) is 18.9. The average Bonchev–Trinajstić information content (AvgIpc) is 3.33. The number of benzene rings is 1. The Balaban J connectivity index is 0.00000208. The SMILES string of the molecule is CC(CN)(NC(=O)CN1C(=O)c2ccc(Br)cc2C1=O)C1CC1.Cl. The van der Waals surface area contributed by atoms with E-state index in [1.807, 2.05) is 6.92 Å². The lowest BCUT2D eigenvalue weighted by Crippen LogP contribution is -2.55. The predicted molar refractivity (Wildman–Crippen MR) is 95.1 cm³/mol. The molecule has 1 fully saturated rings. The largest absolute Gasteiger partial charge is 0.348 e. The lowest BCUT2D eigenvalue weighted by atomic mass is 9.96. The van der Waals surface area contributed by atoms with Crippen LogP contribution in [0.25, 0.3) is 0 Å². The zero-order valence-corrected chi connectivity index (χ0v) is 15.6. The summed E-state index contributed by atoms with van der Waals surface area (Å²) in [6.07, 6.45) is 2.07. The zero-order chi connectivity index (χ0) is 16.8. The fourth-order valence-electron chi connectivity index (χ4n) is 2.95. The summed E-state index contributed by atoms with van der Waals surface area (Å²) >= 11 is 3.28. The van der Waals surface area contributed by atoms with Gasteiger partial charge >= 0.3 is 0 Å². The Bertz CT molecular complexity index is 708. The number of nitrogens with one attached hydrogen (secondary N) is 1. The number of hydrogen-bond donors (Lipinski definition) is 2. The van der Waals surface area contributed by atoms with Gasteiger partial charge in [0, 0.05) is 11.0 Å². The molecule has 1 aliphatic carbocycles. The van der Waals surface area contributed by atoms with E-state index in [0.717, 1.165) is 17.7 Å². The van der Waals surface area contributed by atoms with Crippen molar-refractivity contribution in [3.63, 3.8) is 0 Å². The van der Waals surface area contributed by atoms with Crippen LogP contribution in [-0.4, -0.2) is 41.2 Å². The smallest absolute Gasteiger partial charge is 0.262 e. The van der Waals surface area contributed by atoms with Gasteiger partial charge in [0.15, 0.2) is 0 Å². The van der Waals surface area contributed by atoms with Gasteiger partial charge in [-0.25, -0.2) is 0 Å². The van der Waals surface area contributed by atoms with Gasteiger partial charge in [0.25, 0.3) is 11.8 Å². The van der Waals surface area contributed by atoms with Crippen molar-refractivity contribution in [2.24, 2.45) is 11.7 Å². The molecule has 130 valence electrons. The van der Waals surface area contributed by atoms with E-state index in [1.54, 1.807) is 18.2 Å². The molecule has 1 unspecified atom stereocenters. The van der Waals surface area contributed by atoms with Gasteiger partial charge in [0.05, 0.1) is 16.7 Å². The molecule has 0 radical (unpaired) electrons. The number of amides is 3. The van der Waals surface area contributed by atoms with Crippen LogP contribution in [0.3, 0.4) is 0 Å². The molecule has 8 heteroatoms. The van der Waals surface area contributed by atoms with Gasteiger partial charge in [0.2, 0.25) is 5.91 Å². The van der Waals surface area contributed by atoms with Crippen LogP contribution < -0.4 is 11.1 Å². The van der Waals surface area contributed by atoms with Crippen LogP contribution in [-0.2, 0) is 4.79 Å². The molecule has 0 aromatic heterocycles. The van der Waals surface area contributed by atoms with Crippen LogP contribution in [0.1, 0.15) is 40.5 Å². The van der Waals surface area contributed by atoms with Crippen LogP contribution in [0.5, 0.6) is 0 Å². The van der Waals surface area contributed by atoms with Gasteiger partial charge in [0.1, 0.15) is 6.54 Å². The first-order chi connectivity index (χ1) is 10.9. The first-order valence-electron chi connectivity index (χ1n) is 7.52. The molecule has 0 saturated heterocycles. The van der Waals surface area contributed by atoms with Crippen molar-refractivity contribution in [3.05, 3.63) is 33.8 Å². The molecule has 3 N–H and O–H groups in total. The fourth-order valence-corrected chi connectivity index (χ4v) is 3.31. The standard InChI is InChI=1S/C16H18BrN3O3.ClH/c1-16(8-18,9-2-3-9)19-13(21)7-20-14(22)11-5-4-10(17)6-12(11)15(20)23;/h4-6,9H,2-3,7-8,18H2,1H3,(H,19,21);1H. The Hall–Kier alpha value is -1.44. The summed E-state index contributed by atoms with van der Waals surface area (Å²) in [7, 11) is 0. The van der Waals surface area contributed by atoms with E-state index in [-0.39, 0.29) is 24.9 Å². The molecule has 1 heterocycles. The van der Waals surface area contributed by atoms with Crippen molar-refractivity contribution < 1.29 is 14.4 Å². The summed E-state index contributed by atoms with van der Waals surface area (Å²) in [5.41, 5.74) is 5.95. The topological polar surface area (TPSA) is 92.5 Å². The molecule has 1 aromatic rings. The molecule has 6 nitrogen and oxygen atoms in total.